The second-order valence-electron chi connectivity index (χ2n) is 3.40. The fourth-order valence-corrected chi connectivity index (χ4v) is 1.55. The minimum absolute atomic E-state index is 0.629. The van der Waals surface area contributed by atoms with Gasteiger partial charge in [0.05, 0.1) is 12.3 Å². The van der Waals surface area contributed by atoms with Crippen LogP contribution in [0, 0.1) is 0 Å². The van der Waals surface area contributed by atoms with Crippen molar-refractivity contribution in [2.45, 2.75) is 6.92 Å². The van der Waals surface area contributed by atoms with Crippen LogP contribution in [0.4, 0.5) is 5.69 Å². The number of aromatic nitrogens is 1. The standard InChI is InChI=1S/C13H14N2O/c1-2-16-13-7-6-10(14)9-11(13)12-5-3-4-8-15-12/h3-9H,2,14H2,1H3. The van der Waals surface area contributed by atoms with Gasteiger partial charge < -0.3 is 10.5 Å². The molecule has 82 valence electrons. The monoisotopic (exact) mass is 214 g/mol. The van der Waals surface area contributed by atoms with Crippen LogP contribution in [0.25, 0.3) is 11.3 Å². The van der Waals surface area contributed by atoms with E-state index >= 15 is 0 Å². The zero-order valence-corrected chi connectivity index (χ0v) is 9.18. The van der Waals surface area contributed by atoms with Gasteiger partial charge in [-0.1, -0.05) is 6.07 Å². The SMILES string of the molecule is CCOc1ccc(N)cc1-c1ccccn1. The molecule has 16 heavy (non-hydrogen) atoms. The zero-order valence-electron chi connectivity index (χ0n) is 9.18. The molecule has 1 aromatic carbocycles. The Morgan fingerprint density at radius 3 is 2.81 bits per heavy atom. The van der Waals surface area contributed by atoms with Crippen LogP contribution in [0.2, 0.25) is 0 Å². The molecule has 0 aliphatic heterocycles. The van der Waals surface area contributed by atoms with E-state index in [2.05, 4.69) is 4.98 Å². The lowest BCUT2D eigenvalue weighted by atomic mass is 10.1. The van der Waals surface area contributed by atoms with Crippen LogP contribution in [0.5, 0.6) is 5.75 Å². The maximum atomic E-state index is 5.78. The van der Waals surface area contributed by atoms with Gasteiger partial charge in [-0.05, 0) is 37.3 Å². The molecule has 3 nitrogen and oxygen atoms in total. The van der Waals surface area contributed by atoms with Gasteiger partial charge in [0.1, 0.15) is 5.75 Å². The van der Waals surface area contributed by atoms with Gasteiger partial charge in [-0.25, -0.2) is 0 Å². The van der Waals surface area contributed by atoms with E-state index in [9.17, 15) is 0 Å². The fourth-order valence-electron chi connectivity index (χ4n) is 1.55. The predicted octanol–water partition coefficient (Wildman–Crippen LogP) is 2.73. The van der Waals surface area contributed by atoms with Crippen molar-refractivity contribution in [1.82, 2.24) is 4.98 Å². The van der Waals surface area contributed by atoms with Gasteiger partial charge in [-0.3, -0.25) is 4.98 Å². The minimum atomic E-state index is 0.629. The predicted molar refractivity (Wildman–Crippen MR) is 65.3 cm³/mol. The van der Waals surface area contributed by atoms with Crippen LogP contribution >= 0.6 is 0 Å². The number of pyridine rings is 1. The summed E-state index contributed by atoms with van der Waals surface area (Å²) in [4.78, 5) is 4.30. The highest BCUT2D eigenvalue weighted by Gasteiger charge is 2.07. The number of nitrogen functional groups attached to an aromatic ring is 1. The van der Waals surface area contributed by atoms with Crippen molar-refractivity contribution in [2.24, 2.45) is 0 Å². The molecule has 2 aromatic rings. The van der Waals surface area contributed by atoms with E-state index in [0.717, 1.165) is 17.0 Å². The quantitative estimate of drug-likeness (QED) is 0.799. The Bertz CT molecular complexity index is 469. The van der Waals surface area contributed by atoms with E-state index in [1.165, 1.54) is 0 Å². The second-order valence-corrected chi connectivity index (χ2v) is 3.40. The number of hydrogen-bond acceptors (Lipinski definition) is 3. The molecule has 0 radical (unpaired) electrons. The highest BCUT2D eigenvalue weighted by atomic mass is 16.5. The lowest BCUT2D eigenvalue weighted by molar-refractivity contribution is 0.341. The van der Waals surface area contributed by atoms with Gasteiger partial charge in [0.25, 0.3) is 0 Å². The van der Waals surface area contributed by atoms with Gasteiger partial charge in [0.2, 0.25) is 0 Å². The number of benzene rings is 1. The van der Waals surface area contributed by atoms with Crippen LogP contribution in [0.15, 0.2) is 42.6 Å². The summed E-state index contributed by atoms with van der Waals surface area (Å²) >= 11 is 0. The Morgan fingerprint density at radius 2 is 2.12 bits per heavy atom. The highest BCUT2D eigenvalue weighted by Crippen LogP contribution is 2.30. The number of rotatable bonds is 3. The maximum absolute atomic E-state index is 5.78. The molecule has 1 heterocycles. The highest BCUT2D eigenvalue weighted by molar-refractivity contribution is 5.71. The maximum Gasteiger partial charge on any atom is 0.128 e. The number of anilines is 1. The molecule has 0 bridgehead atoms. The number of ether oxygens (including phenoxy) is 1. The molecule has 0 amide bonds. The molecular formula is C13H14N2O. The third kappa shape index (κ3) is 2.14. The van der Waals surface area contributed by atoms with Gasteiger partial charge >= 0.3 is 0 Å². The van der Waals surface area contributed by atoms with Crippen LogP contribution in [-0.2, 0) is 0 Å². The van der Waals surface area contributed by atoms with Crippen LogP contribution in [0.3, 0.4) is 0 Å². The molecule has 0 aliphatic carbocycles. The Hall–Kier alpha value is -2.03. The lowest BCUT2D eigenvalue weighted by Gasteiger charge is -2.10. The summed E-state index contributed by atoms with van der Waals surface area (Å²) in [6.07, 6.45) is 1.76. The van der Waals surface area contributed by atoms with Gasteiger partial charge in [0.15, 0.2) is 0 Å². The van der Waals surface area contributed by atoms with Crippen molar-refractivity contribution < 1.29 is 4.74 Å². The zero-order chi connectivity index (χ0) is 11.4. The molecule has 0 spiro atoms. The molecule has 2 N–H and O–H groups in total. The fraction of sp³-hybridized carbons (Fsp3) is 0.154. The smallest absolute Gasteiger partial charge is 0.128 e. The number of hydrogen-bond donors (Lipinski definition) is 1. The van der Waals surface area contributed by atoms with Crippen molar-refractivity contribution >= 4 is 5.69 Å². The third-order valence-electron chi connectivity index (χ3n) is 2.24. The molecule has 1 aromatic heterocycles. The normalized spacial score (nSPS) is 10.1. The topological polar surface area (TPSA) is 48.1 Å². The van der Waals surface area contributed by atoms with Crippen molar-refractivity contribution in [3.8, 4) is 17.0 Å². The minimum Gasteiger partial charge on any atom is -0.493 e. The van der Waals surface area contributed by atoms with Crippen LogP contribution < -0.4 is 10.5 Å². The van der Waals surface area contributed by atoms with E-state index in [1.54, 1.807) is 6.20 Å². The molecule has 3 heteroatoms. The third-order valence-corrected chi connectivity index (χ3v) is 2.24. The molecule has 0 saturated heterocycles. The Balaban J connectivity index is 2.49. The van der Waals surface area contributed by atoms with Gasteiger partial charge in [-0.15, -0.1) is 0 Å². The first-order valence-corrected chi connectivity index (χ1v) is 5.25. The summed E-state index contributed by atoms with van der Waals surface area (Å²) < 4.78 is 5.55. The summed E-state index contributed by atoms with van der Waals surface area (Å²) in [6, 6.07) is 11.4. The van der Waals surface area contributed by atoms with Crippen LogP contribution in [0.1, 0.15) is 6.92 Å². The first-order chi connectivity index (χ1) is 7.81. The molecule has 0 aliphatic rings. The Kier molecular flexibility index (Phi) is 3.05. The average molecular weight is 214 g/mol. The largest absolute Gasteiger partial charge is 0.493 e. The average Bonchev–Trinajstić information content (AvgIpc) is 2.33. The molecule has 0 saturated carbocycles. The van der Waals surface area contributed by atoms with Gasteiger partial charge in [0, 0.05) is 17.4 Å². The van der Waals surface area contributed by atoms with Gasteiger partial charge in [-0.2, -0.15) is 0 Å². The summed E-state index contributed by atoms with van der Waals surface area (Å²) in [5.41, 5.74) is 8.30. The number of nitrogens with two attached hydrogens (primary N) is 1. The van der Waals surface area contributed by atoms with E-state index in [4.69, 9.17) is 10.5 Å². The van der Waals surface area contributed by atoms with E-state index < -0.39 is 0 Å². The summed E-state index contributed by atoms with van der Waals surface area (Å²) in [5.74, 6) is 0.815. The Labute approximate surface area is 94.9 Å². The van der Waals surface area contributed by atoms with E-state index in [0.29, 0.717) is 12.3 Å². The van der Waals surface area contributed by atoms with Crippen molar-refractivity contribution in [2.75, 3.05) is 12.3 Å². The molecule has 0 atom stereocenters. The van der Waals surface area contributed by atoms with E-state index in [1.807, 2.05) is 43.3 Å². The summed E-state index contributed by atoms with van der Waals surface area (Å²) in [7, 11) is 0. The molecular weight excluding hydrogens is 200 g/mol. The number of nitrogens with zero attached hydrogens (tertiary/aromatic N) is 1. The molecule has 0 unspecified atom stereocenters. The second kappa shape index (κ2) is 4.66. The van der Waals surface area contributed by atoms with Crippen molar-refractivity contribution in [1.29, 1.82) is 0 Å². The first-order valence-electron chi connectivity index (χ1n) is 5.25. The lowest BCUT2D eigenvalue weighted by Crippen LogP contribution is -1.96. The Morgan fingerprint density at radius 1 is 1.25 bits per heavy atom. The first kappa shape index (κ1) is 10.5. The van der Waals surface area contributed by atoms with Crippen LogP contribution in [-0.4, -0.2) is 11.6 Å². The van der Waals surface area contributed by atoms with Crippen molar-refractivity contribution in [3.63, 3.8) is 0 Å². The molecule has 2 rings (SSSR count). The van der Waals surface area contributed by atoms with E-state index in [-0.39, 0.29) is 0 Å². The molecule has 0 fully saturated rings. The summed E-state index contributed by atoms with van der Waals surface area (Å²) in [5, 5.41) is 0. The van der Waals surface area contributed by atoms with Crippen molar-refractivity contribution in [3.05, 3.63) is 42.6 Å². The summed E-state index contributed by atoms with van der Waals surface area (Å²) in [6.45, 7) is 2.59.